The summed E-state index contributed by atoms with van der Waals surface area (Å²) < 4.78 is 15.6. The van der Waals surface area contributed by atoms with E-state index in [1.807, 2.05) is 6.07 Å². The van der Waals surface area contributed by atoms with Gasteiger partial charge in [0.15, 0.2) is 0 Å². The molecule has 1 aromatic carbocycles. The fourth-order valence-corrected chi connectivity index (χ4v) is 2.51. The Morgan fingerprint density at radius 1 is 1.26 bits per heavy atom. The largest absolute Gasteiger partial charge is 0.345 e. The number of nitrogens with zero attached hydrogens (tertiary/aromatic N) is 2. The van der Waals surface area contributed by atoms with Gasteiger partial charge in [-0.15, -0.1) is 0 Å². The fourth-order valence-electron chi connectivity index (χ4n) is 2.51. The van der Waals surface area contributed by atoms with Crippen molar-refractivity contribution in [3.05, 3.63) is 35.8 Å². The Bertz CT molecular complexity index is 555. The number of hydrogen-bond donors (Lipinski definition) is 0. The Hall–Kier alpha value is -1.35. The van der Waals surface area contributed by atoms with Crippen LogP contribution in [0.2, 0.25) is 0 Å². The van der Waals surface area contributed by atoms with Crippen molar-refractivity contribution in [1.29, 1.82) is 0 Å². The van der Waals surface area contributed by atoms with E-state index in [1.165, 1.54) is 10.9 Å². The van der Waals surface area contributed by atoms with Gasteiger partial charge in [0.25, 0.3) is 0 Å². The maximum atomic E-state index is 13.4. The summed E-state index contributed by atoms with van der Waals surface area (Å²) in [7, 11) is 4.18. The van der Waals surface area contributed by atoms with Gasteiger partial charge in [0.2, 0.25) is 0 Å². The van der Waals surface area contributed by atoms with Gasteiger partial charge >= 0.3 is 0 Å². The van der Waals surface area contributed by atoms with Crippen molar-refractivity contribution in [3.8, 4) is 0 Å². The summed E-state index contributed by atoms with van der Waals surface area (Å²) in [5.74, 6) is -0.160. The number of rotatable bonds is 5. The molecule has 0 fully saturated rings. The van der Waals surface area contributed by atoms with Crippen molar-refractivity contribution < 1.29 is 4.39 Å². The number of fused-ring (bicyclic) bond motifs is 1. The zero-order valence-corrected chi connectivity index (χ0v) is 12.3. The Morgan fingerprint density at radius 2 is 2.00 bits per heavy atom. The van der Waals surface area contributed by atoms with Crippen LogP contribution in [0.4, 0.5) is 4.39 Å². The maximum Gasteiger partial charge on any atom is 0.125 e. The second-order valence-electron chi connectivity index (χ2n) is 5.72. The summed E-state index contributed by atoms with van der Waals surface area (Å²) >= 11 is 0. The van der Waals surface area contributed by atoms with Crippen LogP contribution in [0.1, 0.15) is 31.9 Å². The molecule has 104 valence electrons. The Kier molecular flexibility index (Phi) is 4.25. The van der Waals surface area contributed by atoms with Crippen molar-refractivity contribution in [3.63, 3.8) is 0 Å². The SMILES string of the molecule is CC(C)n1cc(CCCN(C)C)c2ccc(F)cc21. The van der Waals surface area contributed by atoms with Crippen molar-refractivity contribution in [1.82, 2.24) is 9.47 Å². The minimum atomic E-state index is -0.160. The molecule has 2 nitrogen and oxygen atoms in total. The topological polar surface area (TPSA) is 8.17 Å². The molecule has 0 saturated heterocycles. The fraction of sp³-hybridized carbons (Fsp3) is 0.500. The molecule has 0 saturated carbocycles. The van der Waals surface area contributed by atoms with E-state index in [0.29, 0.717) is 6.04 Å². The predicted octanol–water partition coefficient (Wildman–Crippen LogP) is 3.86. The smallest absolute Gasteiger partial charge is 0.125 e. The second-order valence-corrected chi connectivity index (χ2v) is 5.72. The van der Waals surface area contributed by atoms with Crippen LogP contribution in [0, 0.1) is 5.82 Å². The summed E-state index contributed by atoms with van der Waals surface area (Å²) in [6, 6.07) is 5.47. The Morgan fingerprint density at radius 3 is 2.63 bits per heavy atom. The first-order chi connectivity index (χ1) is 8.99. The number of hydrogen-bond acceptors (Lipinski definition) is 1. The lowest BCUT2D eigenvalue weighted by Crippen LogP contribution is -2.13. The summed E-state index contributed by atoms with van der Waals surface area (Å²) in [4.78, 5) is 2.20. The van der Waals surface area contributed by atoms with Crippen molar-refractivity contribution >= 4 is 10.9 Å². The van der Waals surface area contributed by atoms with Gasteiger partial charge < -0.3 is 9.47 Å². The van der Waals surface area contributed by atoms with Crippen molar-refractivity contribution in [2.75, 3.05) is 20.6 Å². The molecular formula is C16H23FN2. The third-order valence-corrected chi connectivity index (χ3v) is 3.49. The van der Waals surface area contributed by atoms with Gasteiger partial charge in [-0.25, -0.2) is 4.39 Å². The minimum Gasteiger partial charge on any atom is -0.345 e. The molecule has 0 aliphatic rings. The highest BCUT2D eigenvalue weighted by atomic mass is 19.1. The first-order valence-corrected chi connectivity index (χ1v) is 6.92. The normalized spacial score (nSPS) is 11.9. The Labute approximate surface area is 114 Å². The lowest BCUT2D eigenvalue weighted by Gasteiger charge is -2.09. The quantitative estimate of drug-likeness (QED) is 0.794. The van der Waals surface area contributed by atoms with Gasteiger partial charge in [-0.05, 0) is 71.1 Å². The molecule has 0 aliphatic carbocycles. The highest BCUT2D eigenvalue weighted by molar-refractivity contribution is 5.84. The third-order valence-electron chi connectivity index (χ3n) is 3.49. The molecular weight excluding hydrogens is 239 g/mol. The van der Waals surface area contributed by atoms with E-state index in [2.05, 4.69) is 43.6 Å². The van der Waals surface area contributed by atoms with Gasteiger partial charge in [0.05, 0.1) is 5.52 Å². The van der Waals surface area contributed by atoms with E-state index in [0.717, 1.165) is 24.9 Å². The first kappa shape index (κ1) is 14.1. The predicted molar refractivity (Wildman–Crippen MR) is 79.2 cm³/mol. The van der Waals surface area contributed by atoms with Crippen LogP contribution in [0.3, 0.4) is 0 Å². The maximum absolute atomic E-state index is 13.4. The highest BCUT2D eigenvalue weighted by Crippen LogP contribution is 2.26. The molecule has 0 aliphatic heterocycles. The van der Waals surface area contributed by atoms with Gasteiger partial charge in [-0.1, -0.05) is 0 Å². The molecule has 19 heavy (non-hydrogen) atoms. The summed E-state index contributed by atoms with van der Waals surface area (Å²) in [6.45, 7) is 5.34. The zero-order valence-electron chi connectivity index (χ0n) is 12.3. The second kappa shape index (κ2) is 5.74. The van der Waals surface area contributed by atoms with Crippen LogP contribution in [0.15, 0.2) is 24.4 Å². The summed E-state index contributed by atoms with van der Waals surface area (Å²) in [5.41, 5.74) is 2.33. The molecule has 1 aromatic heterocycles. The lowest BCUT2D eigenvalue weighted by atomic mass is 10.1. The highest BCUT2D eigenvalue weighted by Gasteiger charge is 2.11. The molecule has 0 radical (unpaired) electrons. The molecule has 3 heteroatoms. The molecule has 2 rings (SSSR count). The number of benzene rings is 1. The lowest BCUT2D eigenvalue weighted by molar-refractivity contribution is 0.400. The average molecular weight is 262 g/mol. The van der Waals surface area contributed by atoms with Gasteiger partial charge in [0.1, 0.15) is 5.82 Å². The van der Waals surface area contributed by atoms with Crippen LogP contribution in [-0.4, -0.2) is 30.1 Å². The van der Waals surface area contributed by atoms with Crippen LogP contribution < -0.4 is 0 Å². The van der Waals surface area contributed by atoms with Crippen molar-refractivity contribution in [2.24, 2.45) is 0 Å². The summed E-state index contributed by atoms with van der Waals surface area (Å²) in [5, 5.41) is 1.19. The van der Waals surface area contributed by atoms with E-state index in [4.69, 9.17) is 0 Å². The zero-order chi connectivity index (χ0) is 14.0. The standard InChI is InChI=1S/C16H23FN2/c1-12(2)19-11-13(6-5-9-18(3)4)15-8-7-14(17)10-16(15)19/h7-8,10-12H,5-6,9H2,1-4H3. The van der Waals surface area contributed by atoms with E-state index >= 15 is 0 Å². The van der Waals surface area contributed by atoms with Crippen molar-refractivity contribution in [2.45, 2.75) is 32.7 Å². The van der Waals surface area contributed by atoms with Crippen LogP contribution in [-0.2, 0) is 6.42 Å². The molecule has 0 spiro atoms. The molecule has 0 N–H and O–H groups in total. The molecule has 1 heterocycles. The monoisotopic (exact) mass is 262 g/mol. The minimum absolute atomic E-state index is 0.160. The molecule has 0 bridgehead atoms. The van der Waals surface area contributed by atoms with E-state index in [-0.39, 0.29) is 5.82 Å². The summed E-state index contributed by atoms with van der Waals surface area (Å²) in [6.07, 6.45) is 4.35. The Balaban J connectivity index is 2.33. The van der Waals surface area contributed by atoms with E-state index in [9.17, 15) is 4.39 Å². The van der Waals surface area contributed by atoms with Crippen LogP contribution in [0.5, 0.6) is 0 Å². The van der Waals surface area contributed by atoms with Crippen LogP contribution in [0.25, 0.3) is 10.9 Å². The number of halogens is 1. The molecule has 0 atom stereocenters. The first-order valence-electron chi connectivity index (χ1n) is 6.92. The number of aryl methyl sites for hydroxylation is 1. The van der Waals surface area contributed by atoms with Gasteiger partial charge in [-0.2, -0.15) is 0 Å². The van der Waals surface area contributed by atoms with Gasteiger partial charge in [-0.3, -0.25) is 0 Å². The molecule has 0 unspecified atom stereocenters. The average Bonchev–Trinajstić information content (AvgIpc) is 2.67. The third kappa shape index (κ3) is 3.16. The van der Waals surface area contributed by atoms with Crippen LogP contribution >= 0.6 is 0 Å². The molecule has 2 aromatic rings. The van der Waals surface area contributed by atoms with E-state index in [1.54, 1.807) is 12.1 Å². The van der Waals surface area contributed by atoms with Gasteiger partial charge in [0, 0.05) is 17.6 Å². The molecule has 0 amide bonds. The number of aromatic nitrogens is 1. The van der Waals surface area contributed by atoms with E-state index < -0.39 is 0 Å².